The third-order valence-corrected chi connectivity index (χ3v) is 2.92. The van der Waals surface area contributed by atoms with E-state index in [1.165, 1.54) is 0 Å². The van der Waals surface area contributed by atoms with Crippen molar-refractivity contribution in [3.63, 3.8) is 0 Å². The van der Waals surface area contributed by atoms with Crippen LogP contribution in [-0.2, 0) is 14.3 Å². The molecule has 100 valence electrons. The number of rotatable bonds is 7. The van der Waals surface area contributed by atoms with Crippen molar-refractivity contribution >= 4 is 5.91 Å². The molecule has 17 heavy (non-hydrogen) atoms. The number of carbonyl (C=O) groups excluding carboxylic acids is 1. The fourth-order valence-corrected chi connectivity index (χ4v) is 1.83. The molecule has 1 N–H and O–H groups in total. The third-order valence-electron chi connectivity index (χ3n) is 2.92. The van der Waals surface area contributed by atoms with E-state index < -0.39 is 0 Å². The summed E-state index contributed by atoms with van der Waals surface area (Å²) in [7, 11) is 1.71. The Morgan fingerprint density at radius 2 is 2.12 bits per heavy atom. The minimum Gasteiger partial charge on any atom is -0.385 e. The SMILES string of the molecule is COCCCCNC(C)C(=O)N1CCOCC1. The number of nitrogens with zero attached hydrogens (tertiary/aromatic N) is 1. The van der Waals surface area contributed by atoms with E-state index in [9.17, 15) is 4.79 Å². The fourth-order valence-electron chi connectivity index (χ4n) is 1.83. The second-order valence-corrected chi connectivity index (χ2v) is 4.31. The molecule has 1 rings (SSSR count). The van der Waals surface area contributed by atoms with E-state index in [1.807, 2.05) is 11.8 Å². The van der Waals surface area contributed by atoms with Crippen molar-refractivity contribution in [3.05, 3.63) is 0 Å². The molecular formula is C12H24N2O3. The van der Waals surface area contributed by atoms with Gasteiger partial charge in [-0.25, -0.2) is 0 Å². The minimum atomic E-state index is -0.101. The van der Waals surface area contributed by atoms with Crippen LogP contribution in [0.15, 0.2) is 0 Å². The maximum Gasteiger partial charge on any atom is 0.239 e. The lowest BCUT2D eigenvalue weighted by atomic mass is 10.2. The number of unbranched alkanes of at least 4 members (excludes halogenated alkanes) is 1. The lowest BCUT2D eigenvalue weighted by Gasteiger charge is -2.29. The number of morpholine rings is 1. The summed E-state index contributed by atoms with van der Waals surface area (Å²) in [4.78, 5) is 13.9. The summed E-state index contributed by atoms with van der Waals surface area (Å²) in [6.45, 7) is 6.32. The Bertz CT molecular complexity index is 218. The topological polar surface area (TPSA) is 50.8 Å². The fraction of sp³-hybridized carbons (Fsp3) is 0.917. The van der Waals surface area contributed by atoms with Crippen LogP contribution in [0.1, 0.15) is 19.8 Å². The molecule has 1 aliphatic rings. The first-order valence-electron chi connectivity index (χ1n) is 6.34. The summed E-state index contributed by atoms with van der Waals surface area (Å²) in [6.07, 6.45) is 2.07. The van der Waals surface area contributed by atoms with Gasteiger partial charge in [0.2, 0.25) is 5.91 Å². The minimum absolute atomic E-state index is 0.101. The van der Waals surface area contributed by atoms with Gasteiger partial charge in [0.1, 0.15) is 0 Å². The molecule has 0 aliphatic carbocycles. The normalized spacial score (nSPS) is 18.1. The van der Waals surface area contributed by atoms with Gasteiger partial charge in [0.15, 0.2) is 0 Å². The highest BCUT2D eigenvalue weighted by molar-refractivity contribution is 5.81. The number of nitrogens with one attached hydrogen (secondary N) is 1. The molecule has 1 aliphatic heterocycles. The average Bonchev–Trinajstić information content (AvgIpc) is 2.38. The zero-order chi connectivity index (χ0) is 12.5. The number of hydrogen-bond donors (Lipinski definition) is 1. The second kappa shape index (κ2) is 8.44. The van der Waals surface area contributed by atoms with Gasteiger partial charge >= 0.3 is 0 Å². The molecule has 0 bridgehead atoms. The molecule has 1 unspecified atom stereocenters. The van der Waals surface area contributed by atoms with Crippen LogP contribution in [0.5, 0.6) is 0 Å². The summed E-state index contributed by atoms with van der Waals surface area (Å²) in [5, 5.41) is 3.25. The highest BCUT2D eigenvalue weighted by Gasteiger charge is 2.21. The maximum absolute atomic E-state index is 12.0. The third kappa shape index (κ3) is 5.48. The molecule has 0 radical (unpaired) electrons. The molecule has 0 spiro atoms. The lowest BCUT2D eigenvalue weighted by molar-refractivity contribution is -0.137. The maximum atomic E-state index is 12.0. The number of ether oxygens (including phenoxy) is 2. The van der Waals surface area contributed by atoms with Gasteiger partial charge in [-0.05, 0) is 26.3 Å². The number of hydrogen-bond acceptors (Lipinski definition) is 4. The van der Waals surface area contributed by atoms with Crippen LogP contribution in [0.2, 0.25) is 0 Å². The van der Waals surface area contributed by atoms with Crippen molar-refractivity contribution in [2.24, 2.45) is 0 Å². The van der Waals surface area contributed by atoms with Crippen molar-refractivity contribution in [1.82, 2.24) is 10.2 Å². The molecule has 0 aromatic heterocycles. The van der Waals surface area contributed by atoms with Gasteiger partial charge < -0.3 is 19.7 Å². The average molecular weight is 244 g/mol. The molecule has 0 aromatic carbocycles. The van der Waals surface area contributed by atoms with E-state index in [1.54, 1.807) is 7.11 Å². The Labute approximate surface area is 103 Å². The van der Waals surface area contributed by atoms with E-state index in [0.29, 0.717) is 26.3 Å². The molecule has 0 aromatic rings. The molecule has 5 heteroatoms. The Morgan fingerprint density at radius 3 is 2.76 bits per heavy atom. The Hall–Kier alpha value is -0.650. The molecule has 1 atom stereocenters. The molecular weight excluding hydrogens is 220 g/mol. The molecule has 1 fully saturated rings. The van der Waals surface area contributed by atoms with Gasteiger partial charge in [-0.2, -0.15) is 0 Å². The van der Waals surface area contributed by atoms with E-state index in [0.717, 1.165) is 26.0 Å². The standard InChI is InChI=1S/C12H24N2O3/c1-11(13-5-3-4-8-16-2)12(15)14-6-9-17-10-7-14/h11,13H,3-10H2,1-2H3. The van der Waals surface area contributed by atoms with Gasteiger partial charge in [-0.3, -0.25) is 4.79 Å². The van der Waals surface area contributed by atoms with Gasteiger partial charge in [0.25, 0.3) is 0 Å². The van der Waals surface area contributed by atoms with Gasteiger partial charge in [0.05, 0.1) is 19.3 Å². The molecule has 1 amide bonds. The number of methoxy groups -OCH3 is 1. The van der Waals surface area contributed by atoms with Gasteiger partial charge in [-0.15, -0.1) is 0 Å². The van der Waals surface area contributed by atoms with E-state index >= 15 is 0 Å². The summed E-state index contributed by atoms with van der Waals surface area (Å²) in [5.74, 6) is 0.181. The van der Waals surface area contributed by atoms with Crippen LogP contribution in [0, 0.1) is 0 Å². The van der Waals surface area contributed by atoms with Crippen LogP contribution < -0.4 is 5.32 Å². The summed E-state index contributed by atoms with van der Waals surface area (Å²) < 4.78 is 10.2. The zero-order valence-corrected chi connectivity index (χ0v) is 10.9. The summed E-state index contributed by atoms with van der Waals surface area (Å²) >= 11 is 0. The molecule has 1 saturated heterocycles. The van der Waals surface area contributed by atoms with Crippen LogP contribution in [-0.4, -0.2) is 63.4 Å². The van der Waals surface area contributed by atoms with Crippen molar-refractivity contribution < 1.29 is 14.3 Å². The van der Waals surface area contributed by atoms with Crippen LogP contribution in [0.25, 0.3) is 0 Å². The highest BCUT2D eigenvalue weighted by atomic mass is 16.5. The van der Waals surface area contributed by atoms with Crippen LogP contribution in [0.3, 0.4) is 0 Å². The van der Waals surface area contributed by atoms with E-state index in [2.05, 4.69) is 5.32 Å². The van der Waals surface area contributed by atoms with Crippen LogP contribution in [0.4, 0.5) is 0 Å². The molecule has 5 nitrogen and oxygen atoms in total. The monoisotopic (exact) mass is 244 g/mol. The van der Waals surface area contributed by atoms with Crippen LogP contribution >= 0.6 is 0 Å². The lowest BCUT2D eigenvalue weighted by Crippen LogP contribution is -2.49. The largest absolute Gasteiger partial charge is 0.385 e. The number of carbonyl (C=O) groups is 1. The predicted molar refractivity (Wildman–Crippen MR) is 66.0 cm³/mol. The van der Waals surface area contributed by atoms with Crippen molar-refractivity contribution in [3.8, 4) is 0 Å². The predicted octanol–water partition coefficient (Wildman–Crippen LogP) is 0.250. The van der Waals surface area contributed by atoms with E-state index in [-0.39, 0.29) is 11.9 Å². The van der Waals surface area contributed by atoms with Gasteiger partial charge in [-0.1, -0.05) is 0 Å². The van der Waals surface area contributed by atoms with Crippen molar-refractivity contribution in [1.29, 1.82) is 0 Å². The number of amides is 1. The van der Waals surface area contributed by atoms with E-state index in [4.69, 9.17) is 9.47 Å². The Balaban J connectivity index is 2.12. The smallest absolute Gasteiger partial charge is 0.239 e. The first kappa shape index (κ1) is 14.4. The van der Waals surface area contributed by atoms with Crippen molar-refractivity contribution in [2.45, 2.75) is 25.8 Å². The summed E-state index contributed by atoms with van der Waals surface area (Å²) in [6, 6.07) is -0.101. The first-order valence-corrected chi connectivity index (χ1v) is 6.34. The molecule has 1 heterocycles. The Morgan fingerprint density at radius 1 is 1.41 bits per heavy atom. The summed E-state index contributed by atoms with van der Waals surface area (Å²) in [5.41, 5.74) is 0. The molecule has 0 saturated carbocycles. The van der Waals surface area contributed by atoms with Gasteiger partial charge in [0, 0.05) is 26.8 Å². The second-order valence-electron chi connectivity index (χ2n) is 4.31. The van der Waals surface area contributed by atoms with Crippen molar-refractivity contribution in [2.75, 3.05) is 46.6 Å². The highest BCUT2D eigenvalue weighted by Crippen LogP contribution is 2.00. The zero-order valence-electron chi connectivity index (χ0n) is 10.9. The quantitative estimate of drug-likeness (QED) is 0.652. The Kier molecular flexibility index (Phi) is 7.16. The first-order chi connectivity index (χ1) is 8.25.